The topological polar surface area (TPSA) is 0 Å². The van der Waals surface area contributed by atoms with Crippen molar-refractivity contribution in [2.75, 3.05) is 0 Å². The van der Waals surface area contributed by atoms with E-state index in [1.54, 1.807) is 0 Å². The molecule has 0 bridgehead atoms. The van der Waals surface area contributed by atoms with E-state index in [2.05, 4.69) is 0 Å². The van der Waals surface area contributed by atoms with Crippen LogP contribution in [-0.2, 0) is 0 Å². The molecule has 0 fully saturated rings. The van der Waals surface area contributed by atoms with Crippen molar-refractivity contribution in [3.63, 3.8) is 0 Å². The number of halogens is 6. The molecule has 0 saturated heterocycles. The third kappa shape index (κ3) is 1.12. The van der Waals surface area contributed by atoms with Crippen molar-refractivity contribution in [1.29, 1.82) is 0 Å². The fraction of sp³-hybridized carbons (Fsp3) is 0.600. The Morgan fingerprint density at radius 2 is 1.73 bits per heavy atom. The van der Waals surface area contributed by atoms with Gasteiger partial charge in [-0.05, 0) is 0 Å². The van der Waals surface area contributed by atoms with E-state index in [0.717, 1.165) is 0 Å². The zero-order valence-electron chi connectivity index (χ0n) is 4.92. The van der Waals surface area contributed by atoms with Crippen LogP contribution in [0.25, 0.3) is 0 Å². The Balaban J connectivity index is 3.05. The summed E-state index contributed by atoms with van der Waals surface area (Å²) in [6, 6.07) is 0. The first kappa shape index (κ1) is 9.13. The summed E-state index contributed by atoms with van der Waals surface area (Å²) < 4.78 is 49.2. The summed E-state index contributed by atoms with van der Waals surface area (Å²) in [6.45, 7) is 0. The van der Waals surface area contributed by atoms with Gasteiger partial charge in [-0.15, -0.1) is 11.6 Å². The highest BCUT2D eigenvalue weighted by atomic mass is 35.5. The van der Waals surface area contributed by atoms with Crippen LogP contribution in [-0.4, -0.2) is 17.2 Å². The number of allylic oxidation sites excluding steroid dienone is 2. The van der Waals surface area contributed by atoms with Gasteiger partial charge in [0.05, 0.1) is 0 Å². The van der Waals surface area contributed by atoms with Crippen LogP contribution in [0.4, 0.5) is 17.6 Å². The molecule has 0 radical (unpaired) electrons. The van der Waals surface area contributed by atoms with E-state index in [1.165, 1.54) is 0 Å². The lowest BCUT2D eigenvalue weighted by Gasteiger charge is -2.20. The fourth-order valence-corrected chi connectivity index (χ4v) is 1.17. The molecule has 0 aliphatic heterocycles. The molecule has 1 aliphatic rings. The Bertz CT molecular complexity index is 211. The lowest BCUT2D eigenvalue weighted by molar-refractivity contribution is -0.164. The van der Waals surface area contributed by atoms with Crippen LogP contribution < -0.4 is 0 Å². The second-order valence-electron chi connectivity index (χ2n) is 2.14. The van der Waals surface area contributed by atoms with E-state index < -0.39 is 22.3 Å². The molecule has 0 aromatic heterocycles. The van der Waals surface area contributed by atoms with Gasteiger partial charge in [-0.25, -0.2) is 0 Å². The molecule has 64 valence electrons. The minimum Gasteiger partial charge on any atom is -0.197 e. The van der Waals surface area contributed by atoms with Gasteiger partial charge in [-0.1, -0.05) is 11.6 Å². The van der Waals surface area contributed by atoms with Gasteiger partial charge in [0.2, 0.25) is 0 Å². The van der Waals surface area contributed by atoms with Gasteiger partial charge >= 0.3 is 11.8 Å². The van der Waals surface area contributed by atoms with Crippen LogP contribution in [0.2, 0.25) is 0 Å². The molecule has 0 saturated carbocycles. The Kier molecular flexibility index (Phi) is 1.88. The highest BCUT2D eigenvalue weighted by molar-refractivity contribution is 6.38. The molecule has 6 heteroatoms. The molecule has 1 aliphatic carbocycles. The van der Waals surface area contributed by atoms with Crippen molar-refractivity contribution in [3.05, 3.63) is 11.1 Å². The van der Waals surface area contributed by atoms with Crippen molar-refractivity contribution in [2.24, 2.45) is 0 Å². The molecule has 1 rings (SSSR count). The maximum absolute atomic E-state index is 12.3. The normalized spacial score (nSPS) is 33.6. The zero-order valence-corrected chi connectivity index (χ0v) is 6.43. The summed E-state index contributed by atoms with van der Waals surface area (Å²) in [5.74, 6) is -8.50. The van der Waals surface area contributed by atoms with Crippen LogP contribution in [0.5, 0.6) is 0 Å². The van der Waals surface area contributed by atoms with Gasteiger partial charge in [-0.3, -0.25) is 0 Å². The van der Waals surface area contributed by atoms with Gasteiger partial charge in [0.1, 0.15) is 5.38 Å². The second kappa shape index (κ2) is 2.26. The summed E-state index contributed by atoms with van der Waals surface area (Å²) in [5.41, 5.74) is 0. The number of alkyl halides is 5. The first-order chi connectivity index (χ1) is 4.79. The Labute approximate surface area is 69.8 Å². The molecule has 0 nitrogen and oxygen atoms in total. The van der Waals surface area contributed by atoms with E-state index in [4.69, 9.17) is 23.2 Å². The standard InChI is InChI=1S/C5H2Cl2F4/c6-2-1-4(8,9)5(10,11)3(2)7/h1,3H. The first-order valence-corrected chi connectivity index (χ1v) is 3.38. The summed E-state index contributed by atoms with van der Waals surface area (Å²) in [4.78, 5) is 0. The van der Waals surface area contributed by atoms with E-state index in [1.807, 2.05) is 0 Å². The van der Waals surface area contributed by atoms with Gasteiger partial charge in [0.15, 0.2) is 0 Å². The number of rotatable bonds is 0. The average Bonchev–Trinajstić information content (AvgIpc) is 1.93. The number of hydrogen-bond acceptors (Lipinski definition) is 0. The predicted octanol–water partition coefficient (Wildman–Crippen LogP) is 3.00. The van der Waals surface area contributed by atoms with Gasteiger partial charge in [0.25, 0.3) is 0 Å². The number of hydrogen-bond donors (Lipinski definition) is 0. The van der Waals surface area contributed by atoms with Crippen molar-refractivity contribution in [2.45, 2.75) is 17.2 Å². The van der Waals surface area contributed by atoms with E-state index in [-0.39, 0.29) is 6.08 Å². The summed E-state index contributed by atoms with van der Waals surface area (Å²) in [6.07, 6.45) is -0.0216. The van der Waals surface area contributed by atoms with Crippen LogP contribution in [0, 0.1) is 0 Å². The van der Waals surface area contributed by atoms with Crippen molar-refractivity contribution in [3.8, 4) is 0 Å². The van der Waals surface area contributed by atoms with Crippen molar-refractivity contribution < 1.29 is 17.6 Å². The zero-order chi connectivity index (χ0) is 8.86. The third-order valence-corrected chi connectivity index (χ3v) is 2.27. The molecule has 1 atom stereocenters. The largest absolute Gasteiger partial charge is 0.334 e. The van der Waals surface area contributed by atoms with Gasteiger partial charge < -0.3 is 0 Å². The molecule has 0 aromatic carbocycles. The fourth-order valence-electron chi connectivity index (χ4n) is 0.685. The van der Waals surface area contributed by atoms with Crippen LogP contribution in [0.1, 0.15) is 0 Å². The monoisotopic (exact) mass is 208 g/mol. The molecule has 1 unspecified atom stereocenters. The highest BCUT2D eigenvalue weighted by Gasteiger charge is 2.64. The van der Waals surface area contributed by atoms with Crippen LogP contribution in [0.3, 0.4) is 0 Å². The van der Waals surface area contributed by atoms with Gasteiger partial charge in [-0.2, -0.15) is 17.6 Å². The Hall–Kier alpha value is 0.0400. The third-order valence-electron chi connectivity index (χ3n) is 1.32. The Morgan fingerprint density at radius 3 is 1.82 bits per heavy atom. The van der Waals surface area contributed by atoms with E-state index in [9.17, 15) is 17.6 Å². The molecule has 0 amide bonds. The summed E-state index contributed by atoms with van der Waals surface area (Å²) in [5, 5.41) is -2.82. The van der Waals surface area contributed by atoms with Gasteiger partial charge in [0, 0.05) is 11.1 Å². The Morgan fingerprint density at radius 1 is 1.27 bits per heavy atom. The first-order valence-electron chi connectivity index (χ1n) is 2.57. The van der Waals surface area contributed by atoms with E-state index in [0.29, 0.717) is 0 Å². The summed E-state index contributed by atoms with van der Waals surface area (Å²) >= 11 is 9.91. The van der Waals surface area contributed by atoms with Crippen LogP contribution in [0.15, 0.2) is 11.1 Å². The van der Waals surface area contributed by atoms with Crippen molar-refractivity contribution >= 4 is 23.2 Å². The molecule has 0 heterocycles. The average molecular weight is 209 g/mol. The van der Waals surface area contributed by atoms with Crippen molar-refractivity contribution in [1.82, 2.24) is 0 Å². The molecular weight excluding hydrogens is 207 g/mol. The quantitative estimate of drug-likeness (QED) is 0.424. The maximum atomic E-state index is 12.3. The second-order valence-corrected chi connectivity index (χ2v) is 3.01. The minimum atomic E-state index is -4.27. The molecular formula is C5H2Cl2F4. The predicted molar refractivity (Wildman–Crippen MR) is 33.5 cm³/mol. The lowest BCUT2D eigenvalue weighted by Crippen LogP contribution is -2.41. The molecule has 11 heavy (non-hydrogen) atoms. The lowest BCUT2D eigenvalue weighted by atomic mass is 10.2. The SMILES string of the molecule is FC1(F)C=C(Cl)C(Cl)C1(F)F. The maximum Gasteiger partial charge on any atom is 0.334 e. The molecule has 0 aromatic rings. The highest BCUT2D eigenvalue weighted by Crippen LogP contribution is 2.49. The van der Waals surface area contributed by atoms with E-state index >= 15 is 0 Å². The summed E-state index contributed by atoms with van der Waals surface area (Å²) in [7, 11) is 0. The van der Waals surface area contributed by atoms with Crippen LogP contribution >= 0.6 is 23.2 Å². The minimum absolute atomic E-state index is 0.0216. The smallest absolute Gasteiger partial charge is 0.197 e. The molecule has 0 spiro atoms. The molecule has 0 N–H and O–H groups in total.